The van der Waals surface area contributed by atoms with Gasteiger partial charge in [0.05, 0.1) is 6.04 Å². The average molecular weight is 482 g/mol. The lowest BCUT2D eigenvalue weighted by molar-refractivity contribution is 0.0928. The van der Waals surface area contributed by atoms with Crippen LogP contribution in [0.5, 0.6) is 0 Å². The van der Waals surface area contributed by atoms with E-state index in [0.717, 1.165) is 47.8 Å². The van der Waals surface area contributed by atoms with Crippen molar-refractivity contribution < 1.29 is 13.6 Å². The molecule has 35 heavy (non-hydrogen) atoms. The van der Waals surface area contributed by atoms with E-state index in [4.69, 9.17) is 0 Å². The van der Waals surface area contributed by atoms with Gasteiger partial charge in [0, 0.05) is 38.2 Å². The molecular formula is C27H33F2N5O. The number of fused-ring (bicyclic) bond motifs is 1. The van der Waals surface area contributed by atoms with Gasteiger partial charge in [0.25, 0.3) is 5.91 Å². The number of halogens is 2. The number of carbonyl (C=O) groups excluding carboxylic acids is 1. The predicted octanol–water partition coefficient (Wildman–Crippen LogP) is 4.75. The lowest BCUT2D eigenvalue weighted by atomic mass is 10.0. The van der Waals surface area contributed by atoms with E-state index < -0.39 is 11.6 Å². The number of nitrogens with one attached hydrogen (secondary N) is 1. The largest absolute Gasteiger partial charge is 0.342 e. The zero-order valence-electron chi connectivity index (χ0n) is 20.8. The van der Waals surface area contributed by atoms with Crippen LogP contribution in [0.3, 0.4) is 0 Å². The van der Waals surface area contributed by atoms with Gasteiger partial charge in [-0.3, -0.25) is 9.69 Å². The van der Waals surface area contributed by atoms with Gasteiger partial charge in [0.15, 0.2) is 17.5 Å². The second-order valence-electron chi connectivity index (χ2n) is 9.93. The molecule has 1 atom stereocenters. The minimum Gasteiger partial charge on any atom is -0.342 e. The first-order valence-electron chi connectivity index (χ1n) is 12.2. The Kier molecular flexibility index (Phi) is 7.60. The van der Waals surface area contributed by atoms with E-state index in [2.05, 4.69) is 38.8 Å². The number of rotatable bonds is 7. The highest BCUT2D eigenvalue weighted by molar-refractivity contribution is 5.94. The molecule has 186 valence electrons. The van der Waals surface area contributed by atoms with Gasteiger partial charge in [-0.25, -0.2) is 8.78 Å². The van der Waals surface area contributed by atoms with Crippen molar-refractivity contribution >= 4 is 5.91 Å². The first kappa shape index (κ1) is 25.0. The highest BCUT2D eigenvalue weighted by Gasteiger charge is 2.26. The van der Waals surface area contributed by atoms with Gasteiger partial charge in [-0.05, 0) is 56.0 Å². The van der Waals surface area contributed by atoms with Gasteiger partial charge in [-0.1, -0.05) is 37.1 Å². The number of benzene rings is 2. The van der Waals surface area contributed by atoms with Crippen LogP contribution < -0.4 is 5.32 Å². The molecule has 1 amide bonds. The molecule has 2 aromatic carbocycles. The maximum Gasteiger partial charge on any atom is 0.251 e. The Morgan fingerprint density at radius 1 is 1.00 bits per heavy atom. The summed E-state index contributed by atoms with van der Waals surface area (Å²) in [6.07, 6.45) is 1.43. The normalized spacial score (nSPS) is 15.1. The van der Waals surface area contributed by atoms with Gasteiger partial charge in [0.1, 0.15) is 5.82 Å². The van der Waals surface area contributed by atoms with Gasteiger partial charge in [0.2, 0.25) is 0 Å². The molecule has 1 aromatic heterocycles. The van der Waals surface area contributed by atoms with Crippen LogP contribution in [-0.2, 0) is 19.5 Å². The van der Waals surface area contributed by atoms with Gasteiger partial charge < -0.3 is 9.88 Å². The first-order chi connectivity index (χ1) is 16.7. The van der Waals surface area contributed by atoms with Crippen molar-refractivity contribution in [2.24, 2.45) is 5.92 Å². The van der Waals surface area contributed by atoms with Crippen molar-refractivity contribution in [3.63, 3.8) is 0 Å². The SMILES string of the molecule is Cc1cc(C)cc(C(=O)N[C@@H](CC(C)C)c2nnc3n2CCN(Cc2ccc(F)c(F)c2)CC3)c1. The molecule has 0 spiro atoms. The van der Waals surface area contributed by atoms with Crippen LogP contribution in [0.2, 0.25) is 0 Å². The number of hydrogen-bond acceptors (Lipinski definition) is 4. The van der Waals surface area contributed by atoms with Crippen molar-refractivity contribution in [2.45, 2.75) is 59.7 Å². The summed E-state index contributed by atoms with van der Waals surface area (Å²) in [4.78, 5) is 15.3. The van der Waals surface area contributed by atoms with Crippen molar-refractivity contribution in [1.29, 1.82) is 0 Å². The van der Waals surface area contributed by atoms with Crippen molar-refractivity contribution in [1.82, 2.24) is 25.0 Å². The standard InChI is InChI=1S/C27H33F2N5O/c1-17(2)11-24(30-27(35)21-13-18(3)12-19(4)14-21)26-32-31-25-7-8-33(9-10-34(25)26)16-20-5-6-22(28)23(29)15-20/h5-6,12-15,17,24H,7-11,16H2,1-4H3,(H,30,35)/t24-/m0/s1. The molecule has 0 saturated carbocycles. The molecule has 0 saturated heterocycles. The molecule has 2 heterocycles. The maximum absolute atomic E-state index is 13.6. The fourth-order valence-corrected chi connectivity index (χ4v) is 4.75. The van der Waals surface area contributed by atoms with Crippen LogP contribution >= 0.6 is 0 Å². The third kappa shape index (κ3) is 6.11. The third-order valence-corrected chi connectivity index (χ3v) is 6.35. The fraction of sp³-hybridized carbons (Fsp3) is 0.444. The first-order valence-corrected chi connectivity index (χ1v) is 12.2. The highest BCUT2D eigenvalue weighted by Crippen LogP contribution is 2.24. The second kappa shape index (κ2) is 10.6. The molecular weight excluding hydrogens is 448 g/mol. The number of hydrogen-bond donors (Lipinski definition) is 1. The van der Waals surface area contributed by atoms with Crippen LogP contribution in [0.25, 0.3) is 0 Å². The number of carbonyl (C=O) groups is 1. The van der Waals surface area contributed by atoms with Crippen LogP contribution in [0.1, 0.15) is 65.0 Å². The summed E-state index contributed by atoms with van der Waals surface area (Å²) in [6.45, 7) is 10.9. The molecule has 0 bridgehead atoms. The Hall–Kier alpha value is -3.13. The summed E-state index contributed by atoms with van der Waals surface area (Å²) in [6, 6.07) is 9.63. The summed E-state index contributed by atoms with van der Waals surface area (Å²) in [5.74, 6) is 0.215. The van der Waals surface area contributed by atoms with Crippen molar-refractivity contribution in [3.8, 4) is 0 Å². The van der Waals surface area contributed by atoms with Crippen LogP contribution in [0.4, 0.5) is 8.78 Å². The Morgan fingerprint density at radius 2 is 1.74 bits per heavy atom. The summed E-state index contributed by atoms with van der Waals surface area (Å²) in [5, 5.41) is 12.1. The topological polar surface area (TPSA) is 63.1 Å². The molecule has 4 rings (SSSR count). The van der Waals surface area contributed by atoms with Gasteiger partial charge in [-0.2, -0.15) is 0 Å². The number of amides is 1. The van der Waals surface area contributed by atoms with E-state index >= 15 is 0 Å². The van der Waals surface area contributed by atoms with E-state index in [1.54, 1.807) is 6.07 Å². The molecule has 0 aliphatic carbocycles. The molecule has 3 aromatic rings. The molecule has 0 fully saturated rings. The van der Waals surface area contributed by atoms with Gasteiger partial charge in [-0.15, -0.1) is 10.2 Å². The van der Waals surface area contributed by atoms with E-state index in [1.165, 1.54) is 12.1 Å². The Labute approximate surface area is 205 Å². The molecule has 1 aliphatic rings. The van der Waals surface area contributed by atoms with E-state index in [0.29, 0.717) is 31.0 Å². The van der Waals surface area contributed by atoms with E-state index in [9.17, 15) is 13.6 Å². The third-order valence-electron chi connectivity index (χ3n) is 6.35. The number of aryl methyl sites for hydroxylation is 2. The monoisotopic (exact) mass is 481 g/mol. The lowest BCUT2D eigenvalue weighted by Gasteiger charge is -2.22. The minimum atomic E-state index is -0.834. The molecule has 8 heteroatoms. The number of aromatic nitrogens is 3. The minimum absolute atomic E-state index is 0.117. The maximum atomic E-state index is 13.6. The fourth-order valence-electron chi connectivity index (χ4n) is 4.75. The van der Waals surface area contributed by atoms with Gasteiger partial charge >= 0.3 is 0 Å². The predicted molar refractivity (Wildman–Crippen MR) is 131 cm³/mol. The quantitative estimate of drug-likeness (QED) is 0.529. The summed E-state index contributed by atoms with van der Waals surface area (Å²) in [7, 11) is 0. The number of nitrogens with zero attached hydrogens (tertiary/aromatic N) is 4. The zero-order valence-corrected chi connectivity index (χ0v) is 20.8. The molecule has 1 N–H and O–H groups in total. The van der Waals surface area contributed by atoms with E-state index in [1.807, 2.05) is 32.0 Å². The highest BCUT2D eigenvalue weighted by atomic mass is 19.2. The lowest BCUT2D eigenvalue weighted by Crippen LogP contribution is -2.32. The van der Waals surface area contributed by atoms with E-state index in [-0.39, 0.29) is 11.9 Å². The summed E-state index contributed by atoms with van der Waals surface area (Å²) in [5.41, 5.74) is 3.48. The Morgan fingerprint density at radius 3 is 2.43 bits per heavy atom. The summed E-state index contributed by atoms with van der Waals surface area (Å²) < 4.78 is 29.0. The molecule has 0 radical (unpaired) electrons. The van der Waals surface area contributed by atoms with Crippen LogP contribution in [0, 0.1) is 31.4 Å². The molecule has 6 nitrogen and oxygen atoms in total. The van der Waals surface area contributed by atoms with Crippen molar-refractivity contribution in [3.05, 3.63) is 81.9 Å². The summed E-state index contributed by atoms with van der Waals surface area (Å²) >= 11 is 0. The Balaban J connectivity index is 1.51. The molecule has 0 unspecified atom stereocenters. The Bertz CT molecular complexity index is 1190. The van der Waals surface area contributed by atoms with Crippen molar-refractivity contribution in [2.75, 3.05) is 13.1 Å². The second-order valence-corrected chi connectivity index (χ2v) is 9.93. The zero-order chi connectivity index (χ0) is 25.1. The smallest absolute Gasteiger partial charge is 0.251 e. The average Bonchev–Trinajstić information content (AvgIpc) is 3.09. The van der Waals surface area contributed by atoms with Crippen LogP contribution in [0.15, 0.2) is 36.4 Å². The van der Waals surface area contributed by atoms with Crippen LogP contribution in [-0.4, -0.2) is 38.7 Å². The molecule has 1 aliphatic heterocycles.